The van der Waals surface area contributed by atoms with Crippen molar-refractivity contribution in [3.05, 3.63) is 18.0 Å². The molecule has 0 aromatic carbocycles. The third kappa shape index (κ3) is 4.56. The van der Waals surface area contributed by atoms with Crippen LogP contribution in [0.25, 0.3) is 0 Å². The Balaban J connectivity index is 1.33. The molecule has 0 bridgehead atoms. The Hall–Kier alpha value is -1.36. The molecule has 0 spiro atoms. The molecule has 21 heavy (non-hydrogen) atoms. The van der Waals surface area contributed by atoms with Gasteiger partial charge in [0.1, 0.15) is 0 Å². The molecule has 2 heterocycles. The van der Waals surface area contributed by atoms with Crippen molar-refractivity contribution in [2.24, 2.45) is 13.0 Å². The highest BCUT2D eigenvalue weighted by molar-refractivity contribution is 5.76. The molecular formula is C16H26N4O. The molecule has 3 rings (SSSR count). The molecule has 5 nitrogen and oxygen atoms in total. The standard InChI is InChI=1S/C16H26N4O/c1-19-11-14(10-17-19)12-20-8-6-13(7-9-20)2-5-16(21)18-15-3-4-15/h10-11,13,15H,2-9,12H2,1H3,(H,18,21). The van der Waals surface area contributed by atoms with E-state index in [4.69, 9.17) is 0 Å². The van der Waals surface area contributed by atoms with E-state index in [2.05, 4.69) is 21.5 Å². The van der Waals surface area contributed by atoms with Gasteiger partial charge in [0.2, 0.25) is 5.91 Å². The number of carbonyl (C=O) groups is 1. The first-order chi connectivity index (χ1) is 10.2. The van der Waals surface area contributed by atoms with Crippen molar-refractivity contribution < 1.29 is 4.79 Å². The van der Waals surface area contributed by atoms with Crippen LogP contribution in [0.3, 0.4) is 0 Å². The van der Waals surface area contributed by atoms with E-state index in [9.17, 15) is 4.79 Å². The van der Waals surface area contributed by atoms with E-state index < -0.39 is 0 Å². The van der Waals surface area contributed by atoms with Crippen molar-refractivity contribution in [3.63, 3.8) is 0 Å². The summed E-state index contributed by atoms with van der Waals surface area (Å²) >= 11 is 0. The topological polar surface area (TPSA) is 50.2 Å². The van der Waals surface area contributed by atoms with E-state index in [0.29, 0.717) is 12.5 Å². The molecule has 1 amide bonds. The molecule has 2 fully saturated rings. The molecular weight excluding hydrogens is 264 g/mol. The zero-order valence-electron chi connectivity index (χ0n) is 12.9. The van der Waals surface area contributed by atoms with Gasteiger partial charge < -0.3 is 5.32 Å². The van der Waals surface area contributed by atoms with Gasteiger partial charge in [-0.25, -0.2) is 0 Å². The quantitative estimate of drug-likeness (QED) is 0.867. The van der Waals surface area contributed by atoms with Crippen molar-refractivity contribution in [2.45, 2.75) is 51.1 Å². The van der Waals surface area contributed by atoms with Gasteiger partial charge in [0.25, 0.3) is 0 Å². The van der Waals surface area contributed by atoms with Gasteiger partial charge >= 0.3 is 0 Å². The number of carbonyl (C=O) groups excluding carboxylic acids is 1. The van der Waals surface area contributed by atoms with Gasteiger partial charge in [-0.15, -0.1) is 0 Å². The Kier molecular flexibility index (Phi) is 4.58. The zero-order valence-corrected chi connectivity index (χ0v) is 12.9. The van der Waals surface area contributed by atoms with E-state index in [1.165, 1.54) is 31.2 Å². The van der Waals surface area contributed by atoms with Crippen LogP contribution in [-0.4, -0.2) is 39.7 Å². The van der Waals surface area contributed by atoms with E-state index >= 15 is 0 Å². The fourth-order valence-electron chi connectivity index (χ4n) is 3.11. The van der Waals surface area contributed by atoms with E-state index in [1.54, 1.807) is 0 Å². The summed E-state index contributed by atoms with van der Waals surface area (Å²) in [6.45, 7) is 3.29. The molecule has 0 unspecified atom stereocenters. The summed E-state index contributed by atoms with van der Waals surface area (Å²) in [5, 5.41) is 7.30. The van der Waals surface area contributed by atoms with Crippen LogP contribution in [0.5, 0.6) is 0 Å². The molecule has 1 saturated heterocycles. The maximum absolute atomic E-state index is 11.7. The number of nitrogens with one attached hydrogen (secondary N) is 1. The highest BCUT2D eigenvalue weighted by Crippen LogP contribution is 2.24. The second kappa shape index (κ2) is 6.60. The lowest BCUT2D eigenvalue weighted by atomic mass is 9.92. The first kappa shape index (κ1) is 14.6. The molecule has 1 saturated carbocycles. The summed E-state index contributed by atoms with van der Waals surface area (Å²) < 4.78 is 1.86. The second-order valence-electron chi connectivity index (χ2n) is 6.62. The number of hydrogen-bond acceptors (Lipinski definition) is 3. The Morgan fingerprint density at radius 1 is 1.33 bits per heavy atom. The van der Waals surface area contributed by atoms with Crippen molar-refractivity contribution in [3.8, 4) is 0 Å². The number of piperidine rings is 1. The first-order valence-corrected chi connectivity index (χ1v) is 8.18. The molecule has 1 aliphatic carbocycles. The lowest BCUT2D eigenvalue weighted by Crippen LogP contribution is -2.34. The number of aryl methyl sites for hydroxylation is 1. The summed E-state index contributed by atoms with van der Waals surface area (Å²) in [7, 11) is 1.96. The summed E-state index contributed by atoms with van der Waals surface area (Å²) in [6, 6.07) is 0.499. The summed E-state index contributed by atoms with van der Waals surface area (Å²) in [5.74, 6) is 0.982. The van der Waals surface area contributed by atoms with Crippen LogP contribution in [0.4, 0.5) is 0 Å². The van der Waals surface area contributed by atoms with Gasteiger partial charge in [-0.1, -0.05) is 0 Å². The van der Waals surface area contributed by atoms with Crippen LogP contribution in [-0.2, 0) is 18.4 Å². The number of hydrogen-bond donors (Lipinski definition) is 1. The number of rotatable bonds is 6. The Morgan fingerprint density at radius 2 is 2.10 bits per heavy atom. The van der Waals surface area contributed by atoms with E-state index in [1.807, 2.05) is 17.9 Å². The van der Waals surface area contributed by atoms with Gasteiger partial charge in [-0.05, 0) is 51.1 Å². The number of aromatic nitrogens is 2. The first-order valence-electron chi connectivity index (χ1n) is 8.18. The third-order valence-corrected chi connectivity index (χ3v) is 4.59. The monoisotopic (exact) mass is 290 g/mol. The van der Waals surface area contributed by atoms with Crippen LogP contribution in [0, 0.1) is 5.92 Å². The highest BCUT2D eigenvalue weighted by Gasteiger charge is 2.24. The van der Waals surface area contributed by atoms with Crippen LogP contribution < -0.4 is 5.32 Å². The summed E-state index contributed by atoms with van der Waals surface area (Å²) in [4.78, 5) is 14.2. The average molecular weight is 290 g/mol. The number of likely N-dealkylation sites (tertiary alicyclic amines) is 1. The van der Waals surface area contributed by atoms with Crippen LogP contribution in [0.15, 0.2) is 12.4 Å². The molecule has 1 aromatic heterocycles. The maximum atomic E-state index is 11.7. The van der Waals surface area contributed by atoms with Gasteiger partial charge in [0, 0.05) is 37.8 Å². The lowest BCUT2D eigenvalue weighted by molar-refractivity contribution is -0.121. The van der Waals surface area contributed by atoms with Crippen LogP contribution in [0.1, 0.15) is 44.1 Å². The van der Waals surface area contributed by atoms with Crippen molar-refractivity contribution >= 4 is 5.91 Å². The molecule has 5 heteroatoms. The molecule has 2 aliphatic rings. The predicted octanol–water partition coefficient (Wildman–Crippen LogP) is 1.69. The van der Waals surface area contributed by atoms with Crippen molar-refractivity contribution in [1.82, 2.24) is 20.0 Å². The average Bonchev–Trinajstić information content (AvgIpc) is 3.19. The Bertz CT molecular complexity index is 472. The number of amides is 1. The second-order valence-corrected chi connectivity index (χ2v) is 6.62. The molecule has 1 N–H and O–H groups in total. The highest BCUT2D eigenvalue weighted by atomic mass is 16.1. The largest absolute Gasteiger partial charge is 0.353 e. The van der Waals surface area contributed by atoms with Gasteiger partial charge in [-0.2, -0.15) is 5.10 Å². The minimum atomic E-state index is 0.260. The summed E-state index contributed by atoms with van der Waals surface area (Å²) in [5.41, 5.74) is 1.29. The lowest BCUT2D eigenvalue weighted by Gasteiger charge is -2.31. The zero-order chi connectivity index (χ0) is 14.7. The van der Waals surface area contributed by atoms with Crippen molar-refractivity contribution in [1.29, 1.82) is 0 Å². The van der Waals surface area contributed by atoms with Crippen LogP contribution >= 0.6 is 0 Å². The minimum Gasteiger partial charge on any atom is -0.353 e. The smallest absolute Gasteiger partial charge is 0.220 e. The Morgan fingerprint density at radius 3 is 2.71 bits per heavy atom. The SMILES string of the molecule is Cn1cc(CN2CCC(CCC(=O)NC3CC3)CC2)cn1. The molecule has 0 atom stereocenters. The van der Waals surface area contributed by atoms with Crippen molar-refractivity contribution in [2.75, 3.05) is 13.1 Å². The van der Waals surface area contributed by atoms with Gasteiger partial charge in [-0.3, -0.25) is 14.4 Å². The number of nitrogens with zero attached hydrogens (tertiary/aromatic N) is 3. The van der Waals surface area contributed by atoms with Gasteiger partial charge in [0.05, 0.1) is 6.20 Å². The molecule has 1 aliphatic heterocycles. The fraction of sp³-hybridized carbons (Fsp3) is 0.750. The van der Waals surface area contributed by atoms with E-state index in [-0.39, 0.29) is 5.91 Å². The fourth-order valence-corrected chi connectivity index (χ4v) is 3.11. The summed E-state index contributed by atoms with van der Waals surface area (Å²) in [6.07, 6.45) is 10.6. The van der Waals surface area contributed by atoms with Gasteiger partial charge in [0.15, 0.2) is 0 Å². The minimum absolute atomic E-state index is 0.260. The molecule has 1 aromatic rings. The predicted molar refractivity (Wildman–Crippen MR) is 81.6 cm³/mol. The van der Waals surface area contributed by atoms with E-state index in [0.717, 1.165) is 32.0 Å². The maximum Gasteiger partial charge on any atom is 0.220 e. The molecule has 116 valence electrons. The third-order valence-electron chi connectivity index (χ3n) is 4.59. The van der Waals surface area contributed by atoms with Crippen LogP contribution in [0.2, 0.25) is 0 Å². The Labute approximate surface area is 126 Å². The molecule has 0 radical (unpaired) electrons. The normalized spacial score (nSPS) is 20.6.